The Bertz CT molecular complexity index is 1750. The number of hydrogen-bond donors (Lipinski definition) is 3. The molecule has 15 heteroatoms. The molecular formula is C30H33ClF3N9O2. The van der Waals surface area contributed by atoms with E-state index in [0.717, 1.165) is 28.5 Å². The largest absolute Gasteiger partial charge is 0.423 e. The van der Waals surface area contributed by atoms with Crippen molar-refractivity contribution in [3.8, 4) is 22.5 Å². The third kappa shape index (κ3) is 7.35. The third-order valence-corrected chi connectivity index (χ3v) is 7.40. The summed E-state index contributed by atoms with van der Waals surface area (Å²) in [7, 11) is 1.68. The third-order valence-electron chi connectivity index (χ3n) is 7.16. The molecule has 0 fully saturated rings. The van der Waals surface area contributed by atoms with Gasteiger partial charge in [-0.1, -0.05) is 38.3 Å². The van der Waals surface area contributed by atoms with Crippen LogP contribution in [0.4, 0.5) is 24.5 Å². The van der Waals surface area contributed by atoms with Crippen molar-refractivity contribution in [2.24, 2.45) is 24.5 Å². The molecule has 11 nitrogen and oxygen atoms in total. The maximum absolute atomic E-state index is 14.8. The van der Waals surface area contributed by atoms with Crippen LogP contribution < -0.4 is 27.5 Å². The molecule has 4 aromatic rings. The van der Waals surface area contributed by atoms with E-state index in [1.165, 1.54) is 36.8 Å². The maximum atomic E-state index is 14.8. The van der Waals surface area contributed by atoms with E-state index < -0.39 is 29.0 Å². The summed E-state index contributed by atoms with van der Waals surface area (Å²) in [4.78, 5) is 33.7. The van der Waals surface area contributed by atoms with Gasteiger partial charge in [0.15, 0.2) is 0 Å². The molecule has 0 radical (unpaired) electrons. The van der Waals surface area contributed by atoms with Crippen LogP contribution in [-0.2, 0) is 18.0 Å². The fraction of sp³-hybridized carbons (Fsp3) is 0.300. The summed E-state index contributed by atoms with van der Waals surface area (Å²) in [6.07, 6.45) is 3.51. The number of alkyl halides is 3. The van der Waals surface area contributed by atoms with E-state index in [4.69, 9.17) is 23.2 Å². The van der Waals surface area contributed by atoms with Gasteiger partial charge in [-0.05, 0) is 42.7 Å². The van der Waals surface area contributed by atoms with Gasteiger partial charge in [-0.25, -0.2) is 10.8 Å². The molecule has 0 aliphatic rings. The van der Waals surface area contributed by atoms with E-state index in [0.29, 0.717) is 47.8 Å². The van der Waals surface area contributed by atoms with Gasteiger partial charge in [0.1, 0.15) is 5.56 Å². The zero-order chi connectivity index (χ0) is 32.9. The lowest BCUT2D eigenvalue weighted by Gasteiger charge is -2.24. The normalized spacial score (nSPS) is 12.6. The Morgan fingerprint density at radius 3 is 2.58 bits per heavy atom. The smallest absolute Gasteiger partial charge is 0.403 e. The summed E-state index contributed by atoms with van der Waals surface area (Å²) in [6.45, 7) is 4.07. The highest BCUT2D eigenvalue weighted by molar-refractivity contribution is 6.31. The second kappa shape index (κ2) is 13.9. The minimum atomic E-state index is -5.09. The molecule has 4 rings (SSSR count). The molecule has 3 heterocycles. The summed E-state index contributed by atoms with van der Waals surface area (Å²) in [5.41, 5.74) is 3.92. The number of aromatic nitrogens is 5. The number of pyridine rings is 1. The number of amides is 1. The summed E-state index contributed by atoms with van der Waals surface area (Å²) in [5, 5.41) is 7.91. The van der Waals surface area contributed by atoms with Crippen molar-refractivity contribution in [2.45, 2.75) is 45.3 Å². The van der Waals surface area contributed by atoms with Crippen LogP contribution in [0, 0.1) is 5.92 Å². The Morgan fingerprint density at radius 1 is 1.16 bits per heavy atom. The van der Waals surface area contributed by atoms with Gasteiger partial charge in [-0.2, -0.15) is 18.3 Å². The number of aryl methyl sites for hydroxylation is 1. The first-order chi connectivity index (χ1) is 21.4. The molecule has 0 aliphatic heterocycles. The van der Waals surface area contributed by atoms with Gasteiger partial charge < -0.3 is 11.1 Å². The maximum Gasteiger partial charge on any atom is 0.423 e. The number of halogens is 4. The standard InChI is InChI=1S/C30H33ClF3N9O2/c1-18(2)5-4-6-25(22-13-19(9-11-37-22)28-23(39-17-44)15-40-41(28)3)42-16-38-27(26(29(42)45)30(32,33)34)21-14-20(31)7-8-24(21)43(36)12-10-35/h7-18,25H,4-6,35-36H2,1-3H3,(H,39,44)/b12-10-. The van der Waals surface area contributed by atoms with Crippen molar-refractivity contribution in [2.75, 3.05) is 10.3 Å². The lowest BCUT2D eigenvalue weighted by Crippen LogP contribution is -2.34. The number of benzene rings is 1. The average Bonchev–Trinajstić information content (AvgIpc) is 3.34. The number of hydrazine groups is 1. The van der Waals surface area contributed by atoms with Crippen LogP contribution in [0.2, 0.25) is 5.02 Å². The summed E-state index contributed by atoms with van der Waals surface area (Å²) in [6, 6.07) is 6.55. The topological polar surface area (TPSA) is 150 Å². The fourth-order valence-corrected chi connectivity index (χ4v) is 5.29. The molecule has 0 saturated carbocycles. The predicted molar refractivity (Wildman–Crippen MR) is 167 cm³/mol. The predicted octanol–water partition coefficient (Wildman–Crippen LogP) is 5.47. The molecule has 0 saturated heterocycles. The van der Waals surface area contributed by atoms with Crippen molar-refractivity contribution in [1.82, 2.24) is 24.3 Å². The minimum absolute atomic E-state index is 0.0926. The van der Waals surface area contributed by atoms with Crippen molar-refractivity contribution < 1.29 is 18.0 Å². The van der Waals surface area contributed by atoms with Crippen molar-refractivity contribution in [3.05, 3.63) is 88.1 Å². The van der Waals surface area contributed by atoms with Crippen LogP contribution in [0.15, 0.2) is 66.2 Å². The Morgan fingerprint density at radius 2 is 1.91 bits per heavy atom. The van der Waals surface area contributed by atoms with E-state index in [-0.39, 0.29) is 16.3 Å². The number of nitrogens with one attached hydrogen (secondary N) is 1. The Balaban J connectivity index is 1.94. The van der Waals surface area contributed by atoms with Crippen molar-refractivity contribution in [1.29, 1.82) is 0 Å². The highest BCUT2D eigenvalue weighted by Gasteiger charge is 2.40. The summed E-state index contributed by atoms with van der Waals surface area (Å²) in [5.74, 6) is 6.33. The Kier molecular flexibility index (Phi) is 10.3. The van der Waals surface area contributed by atoms with Crippen LogP contribution in [0.1, 0.15) is 50.4 Å². The molecule has 45 heavy (non-hydrogen) atoms. The van der Waals surface area contributed by atoms with Crippen molar-refractivity contribution >= 4 is 29.4 Å². The summed E-state index contributed by atoms with van der Waals surface area (Å²) < 4.78 is 46.8. The summed E-state index contributed by atoms with van der Waals surface area (Å²) >= 11 is 6.17. The van der Waals surface area contributed by atoms with Gasteiger partial charge in [0, 0.05) is 41.8 Å². The highest BCUT2D eigenvalue weighted by atomic mass is 35.5. The minimum Gasteiger partial charge on any atom is -0.403 e. The molecule has 1 atom stereocenters. The molecule has 238 valence electrons. The molecule has 5 N–H and O–H groups in total. The second-order valence-electron chi connectivity index (χ2n) is 10.7. The molecule has 0 aliphatic carbocycles. The monoisotopic (exact) mass is 643 g/mol. The van der Waals surface area contributed by atoms with Gasteiger partial charge in [0.05, 0.1) is 47.0 Å². The number of carbonyl (C=O) groups excluding carboxylic acids is 1. The van der Waals surface area contributed by atoms with Gasteiger partial charge in [0.25, 0.3) is 5.56 Å². The Hall–Kier alpha value is -4.69. The number of nitrogens with two attached hydrogens (primary N) is 2. The van der Waals surface area contributed by atoms with E-state index in [1.54, 1.807) is 23.9 Å². The van der Waals surface area contributed by atoms with Crippen LogP contribution >= 0.6 is 11.6 Å². The molecular weight excluding hydrogens is 611 g/mol. The van der Waals surface area contributed by atoms with Gasteiger partial charge in [-0.15, -0.1) is 0 Å². The lowest BCUT2D eigenvalue weighted by molar-refractivity contribution is -0.138. The second-order valence-corrected chi connectivity index (χ2v) is 11.1. The van der Waals surface area contributed by atoms with Crippen LogP contribution in [-0.4, -0.2) is 30.7 Å². The van der Waals surface area contributed by atoms with E-state index in [1.807, 2.05) is 13.8 Å². The molecule has 1 aromatic carbocycles. The number of carbonyl (C=O) groups is 1. The lowest BCUT2D eigenvalue weighted by atomic mass is 9.98. The molecule has 1 amide bonds. The first-order valence-corrected chi connectivity index (χ1v) is 14.3. The number of nitrogens with zero attached hydrogens (tertiary/aromatic N) is 6. The average molecular weight is 644 g/mol. The quantitative estimate of drug-likeness (QED) is 0.104. The molecule has 3 aromatic heterocycles. The number of rotatable bonds is 12. The number of hydrogen-bond acceptors (Lipinski definition) is 8. The van der Waals surface area contributed by atoms with Gasteiger partial charge in [0.2, 0.25) is 6.41 Å². The van der Waals surface area contributed by atoms with Gasteiger partial charge in [-0.3, -0.25) is 28.8 Å². The van der Waals surface area contributed by atoms with Crippen molar-refractivity contribution in [3.63, 3.8) is 0 Å². The fourth-order valence-electron chi connectivity index (χ4n) is 5.12. The number of anilines is 2. The zero-order valence-electron chi connectivity index (χ0n) is 24.8. The van der Waals surface area contributed by atoms with Crippen LogP contribution in [0.3, 0.4) is 0 Å². The first kappa shape index (κ1) is 33.2. The van der Waals surface area contributed by atoms with E-state index >= 15 is 0 Å². The first-order valence-electron chi connectivity index (χ1n) is 14.0. The Labute approximate surface area is 262 Å². The highest BCUT2D eigenvalue weighted by Crippen LogP contribution is 2.39. The molecule has 0 spiro atoms. The van der Waals surface area contributed by atoms with Crippen LogP contribution in [0.25, 0.3) is 22.5 Å². The van der Waals surface area contributed by atoms with E-state index in [9.17, 15) is 22.8 Å². The zero-order valence-corrected chi connectivity index (χ0v) is 25.5. The molecule has 0 bridgehead atoms. The van der Waals surface area contributed by atoms with Crippen LogP contribution in [0.5, 0.6) is 0 Å². The molecule has 1 unspecified atom stereocenters. The van der Waals surface area contributed by atoms with E-state index in [2.05, 4.69) is 20.4 Å². The SMILES string of the molecule is CC(C)CCCC(c1cc(-c2c(NC=O)cnn2C)ccn1)n1cnc(-c2cc(Cl)ccc2N(N)/C=C\N)c(C(F)(F)F)c1=O. The van der Waals surface area contributed by atoms with Gasteiger partial charge >= 0.3 is 6.18 Å².